The van der Waals surface area contributed by atoms with E-state index in [9.17, 15) is 4.79 Å². The maximum absolute atomic E-state index is 10.9. The number of amides is 1. The van der Waals surface area contributed by atoms with Crippen molar-refractivity contribution < 1.29 is 14.3 Å². The predicted molar refractivity (Wildman–Crippen MR) is 75.6 cm³/mol. The molecule has 1 N–H and O–H groups in total. The fraction of sp³-hybridized carbons (Fsp3) is 0.333. The van der Waals surface area contributed by atoms with Gasteiger partial charge in [0.15, 0.2) is 0 Å². The Morgan fingerprint density at radius 3 is 2.90 bits per heavy atom. The summed E-state index contributed by atoms with van der Waals surface area (Å²) in [5.74, 6) is 0. The van der Waals surface area contributed by atoms with Crippen molar-refractivity contribution >= 4 is 17.4 Å². The van der Waals surface area contributed by atoms with Gasteiger partial charge < -0.3 is 9.47 Å². The maximum Gasteiger partial charge on any atom is 0.428 e. The first-order chi connectivity index (χ1) is 9.74. The van der Waals surface area contributed by atoms with E-state index in [0.717, 1.165) is 24.3 Å². The second kappa shape index (κ2) is 5.46. The smallest absolute Gasteiger partial charge is 0.428 e. The van der Waals surface area contributed by atoms with Gasteiger partial charge >= 0.3 is 6.09 Å². The zero-order chi connectivity index (χ0) is 13.9. The van der Waals surface area contributed by atoms with Crippen LogP contribution in [0.2, 0.25) is 0 Å². The lowest BCUT2D eigenvalue weighted by Crippen LogP contribution is -2.30. The van der Waals surface area contributed by atoms with Crippen molar-refractivity contribution in [2.24, 2.45) is 5.10 Å². The van der Waals surface area contributed by atoms with E-state index in [0.29, 0.717) is 6.61 Å². The first kappa shape index (κ1) is 12.9. The van der Waals surface area contributed by atoms with Gasteiger partial charge in [-0.05, 0) is 36.1 Å². The third-order valence-electron chi connectivity index (χ3n) is 3.49. The number of aryl methyl sites for hydroxylation is 1. The van der Waals surface area contributed by atoms with Crippen LogP contribution in [0.4, 0.5) is 4.79 Å². The van der Waals surface area contributed by atoms with Gasteiger partial charge in [0.25, 0.3) is 0 Å². The summed E-state index contributed by atoms with van der Waals surface area (Å²) in [7, 11) is 0. The molecule has 20 heavy (non-hydrogen) atoms. The quantitative estimate of drug-likeness (QED) is 0.898. The molecule has 2 heterocycles. The van der Waals surface area contributed by atoms with E-state index in [-0.39, 0.29) is 6.61 Å². The van der Waals surface area contributed by atoms with Gasteiger partial charge in [0.2, 0.25) is 0 Å². The Hall–Kier alpha value is -2.14. The van der Waals surface area contributed by atoms with E-state index in [4.69, 9.17) is 9.47 Å². The molecule has 0 atom stereocenters. The van der Waals surface area contributed by atoms with E-state index >= 15 is 0 Å². The molecule has 0 aromatic heterocycles. The molecule has 5 nitrogen and oxygen atoms in total. The molecular weight excluding hydrogens is 256 g/mol. The van der Waals surface area contributed by atoms with E-state index in [1.807, 2.05) is 6.07 Å². The molecule has 5 heteroatoms. The molecule has 0 saturated carbocycles. The second-order valence-corrected chi connectivity index (χ2v) is 4.83. The summed E-state index contributed by atoms with van der Waals surface area (Å²) >= 11 is 0. The molecule has 2 aliphatic rings. The Morgan fingerprint density at radius 1 is 1.35 bits per heavy atom. The lowest BCUT2D eigenvalue weighted by atomic mass is 9.94. The highest BCUT2D eigenvalue weighted by Crippen LogP contribution is 2.25. The van der Waals surface area contributed by atoms with Crippen LogP contribution in [-0.4, -0.2) is 31.6 Å². The van der Waals surface area contributed by atoms with Gasteiger partial charge in [0, 0.05) is 5.56 Å². The van der Waals surface area contributed by atoms with Crippen LogP contribution in [0.5, 0.6) is 0 Å². The predicted octanol–water partition coefficient (Wildman–Crippen LogP) is 2.24. The van der Waals surface area contributed by atoms with Crippen LogP contribution >= 0.6 is 0 Å². The molecular formula is C15H16N2O3. The van der Waals surface area contributed by atoms with Crippen LogP contribution < -0.4 is 5.43 Å². The highest BCUT2D eigenvalue weighted by molar-refractivity contribution is 6.04. The summed E-state index contributed by atoms with van der Waals surface area (Å²) in [6, 6.07) is 6.18. The molecule has 0 spiro atoms. The SMILES string of the molecule is Cc1cc(C2=NNC(=O)OC2)ccc1C1=CCOCC1. The highest BCUT2D eigenvalue weighted by atomic mass is 16.6. The Balaban J connectivity index is 1.87. The fourth-order valence-corrected chi connectivity index (χ4v) is 2.43. The van der Waals surface area contributed by atoms with Crippen LogP contribution in [0.3, 0.4) is 0 Å². The van der Waals surface area contributed by atoms with Crippen molar-refractivity contribution in [1.82, 2.24) is 5.43 Å². The molecule has 0 fully saturated rings. The number of hydrogen-bond donors (Lipinski definition) is 1. The number of nitrogens with one attached hydrogen (secondary N) is 1. The Labute approximate surface area is 117 Å². The van der Waals surface area contributed by atoms with Crippen molar-refractivity contribution in [2.45, 2.75) is 13.3 Å². The first-order valence-electron chi connectivity index (χ1n) is 6.61. The number of carbonyl (C=O) groups excluding carboxylic acids is 1. The minimum Gasteiger partial charge on any atom is -0.442 e. The number of rotatable bonds is 2. The maximum atomic E-state index is 10.9. The summed E-state index contributed by atoms with van der Waals surface area (Å²) in [4.78, 5) is 10.9. The molecule has 0 bridgehead atoms. The van der Waals surface area contributed by atoms with Crippen LogP contribution in [0, 0.1) is 6.92 Å². The van der Waals surface area contributed by atoms with Gasteiger partial charge in [-0.1, -0.05) is 18.2 Å². The molecule has 1 aromatic carbocycles. The second-order valence-electron chi connectivity index (χ2n) is 4.83. The van der Waals surface area contributed by atoms with Crippen LogP contribution in [-0.2, 0) is 9.47 Å². The number of hydrazone groups is 1. The Morgan fingerprint density at radius 2 is 2.25 bits per heavy atom. The number of hydrogen-bond acceptors (Lipinski definition) is 4. The summed E-state index contributed by atoms with van der Waals surface area (Å²) in [6.45, 7) is 3.75. The summed E-state index contributed by atoms with van der Waals surface area (Å²) in [5.41, 5.74) is 7.80. The molecule has 104 valence electrons. The molecule has 1 amide bonds. The molecule has 2 aliphatic heterocycles. The molecule has 0 saturated heterocycles. The van der Waals surface area contributed by atoms with E-state index < -0.39 is 6.09 Å². The van der Waals surface area contributed by atoms with Crippen molar-refractivity contribution in [1.29, 1.82) is 0 Å². The number of ether oxygens (including phenoxy) is 2. The lowest BCUT2D eigenvalue weighted by Gasteiger charge is -2.18. The average Bonchev–Trinajstić information content (AvgIpc) is 2.49. The van der Waals surface area contributed by atoms with Gasteiger partial charge in [-0.3, -0.25) is 0 Å². The number of benzene rings is 1. The monoisotopic (exact) mass is 272 g/mol. The zero-order valence-electron chi connectivity index (χ0n) is 11.3. The number of carbonyl (C=O) groups is 1. The van der Waals surface area contributed by atoms with E-state index in [2.05, 4.69) is 35.7 Å². The molecule has 0 radical (unpaired) electrons. The summed E-state index contributed by atoms with van der Waals surface area (Å²) in [5, 5.41) is 4.02. The Kier molecular flexibility index (Phi) is 3.52. The molecule has 0 unspecified atom stereocenters. The minimum absolute atomic E-state index is 0.209. The normalized spacial score (nSPS) is 18.8. The number of nitrogens with zero attached hydrogens (tertiary/aromatic N) is 1. The fourth-order valence-electron chi connectivity index (χ4n) is 2.43. The van der Waals surface area contributed by atoms with E-state index in [1.165, 1.54) is 16.7 Å². The van der Waals surface area contributed by atoms with E-state index in [1.54, 1.807) is 0 Å². The Bertz CT molecular complexity index is 605. The topological polar surface area (TPSA) is 59.9 Å². The van der Waals surface area contributed by atoms with Crippen LogP contribution in [0.1, 0.15) is 23.1 Å². The summed E-state index contributed by atoms with van der Waals surface area (Å²) in [6.07, 6.45) is 2.57. The molecule has 3 rings (SSSR count). The van der Waals surface area contributed by atoms with Gasteiger partial charge in [-0.25, -0.2) is 10.2 Å². The standard InChI is InChI=1S/C15H16N2O3/c1-10-8-12(14-9-20-15(18)17-16-14)2-3-13(10)11-4-6-19-7-5-11/h2-4,8H,5-7,9H2,1H3,(H,17,18). The van der Waals surface area contributed by atoms with Crippen molar-refractivity contribution in [3.05, 3.63) is 41.0 Å². The lowest BCUT2D eigenvalue weighted by molar-refractivity contribution is 0.157. The van der Waals surface area contributed by atoms with Gasteiger partial charge in [-0.2, -0.15) is 5.10 Å². The van der Waals surface area contributed by atoms with Crippen LogP contribution in [0.25, 0.3) is 5.57 Å². The first-order valence-corrected chi connectivity index (χ1v) is 6.61. The molecule has 0 aliphatic carbocycles. The summed E-state index contributed by atoms with van der Waals surface area (Å²) < 4.78 is 10.3. The van der Waals surface area contributed by atoms with Crippen molar-refractivity contribution in [3.63, 3.8) is 0 Å². The average molecular weight is 272 g/mol. The number of cyclic esters (lactones) is 1. The van der Waals surface area contributed by atoms with Crippen molar-refractivity contribution in [2.75, 3.05) is 19.8 Å². The third kappa shape index (κ3) is 2.58. The third-order valence-corrected chi connectivity index (χ3v) is 3.49. The van der Waals surface area contributed by atoms with Gasteiger partial charge in [-0.15, -0.1) is 0 Å². The van der Waals surface area contributed by atoms with Gasteiger partial charge in [0.1, 0.15) is 12.3 Å². The largest absolute Gasteiger partial charge is 0.442 e. The zero-order valence-corrected chi connectivity index (χ0v) is 11.3. The van der Waals surface area contributed by atoms with Crippen molar-refractivity contribution in [3.8, 4) is 0 Å². The molecule has 1 aromatic rings. The van der Waals surface area contributed by atoms with Crippen LogP contribution in [0.15, 0.2) is 29.4 Å². The minimum atomic E-state index is -0.505. The van der Waals surface area contributed by atoms with Gasteiger partial charge in [0.05, 0.1) is 13.2 Å². The highest BCUT2D eigenvalue weighted by Gasteiger charge is 2.15.